The van der Waals surface area contributed by atoms with Gasteiger partial charge in [0.1, 0.15) is 0 Å². The standard InChI is InChI=1S/C15H21N3O/c1-10-8-12(3-4-13(10)16)18-7-6-14-11(9-18)2-5-15(19)17-14/h3-4,8,11,14H,2,5-7,9,16H2,1H3,(H,17,19). The Labute approximate surface area is 114 Å². The average Bonchev–Trinajstić information content (AvgIpc) is 2.41. The summed E-state index contributed by atoms with van der Waals surface area (Å²) >= 11 is 0. The van der Waals surface area contributed by atoms with Crippen molar-refractivity contribution in [1.29, 1.82) is 0 Å². The normalized spacial score (nSPS) is 26.8. The molecule has 3 N–H and O–H groups in total. The van der Waals surface area contributed by atoms with Crippen LogP contribution in [0.25, 0.3) is 0 Å². The van der Waals surface area contributed by atoms with Crippen molar-refractivity contribution >= 4 is 17.3 Å². The molecule has 4 heteroatoms. The molecule has 4 nitrogen and oxygen atoms in total. The Balaban J connectivity index is 1.74. The number of fused-ring (bicyclic) bond motifs is 1. The van der Waals surface area contributed by atoms with E-state index in [0.29, 0.717) is 18.4 Å². The molecule has 2 atom stereocenters. The predicted octanol–water partition coefficient (Wildman–Crippen LogP) is 1.68. The molecule has 2 aliphatic rings. The molecule has 1 amide bonds. The van der Waals surface area contributed by atoms with Crippen LogP contribution in [-0.4, -0.2) is 25.0 Å². The van der Waals surface area contributed by atoms with Gasteiger partial charge < -0.3 is 16.0 Å². The summed E-state index contributed by atoms with van der Waals surface area (Å²) in [5.74, 6) is 0.808. The Morgan fingerprint density at radius 1 is 1.37 bits per heavy atom. The Morgan fingerprint density at radius 2 is 2.21 bits per heavy atom. The molecule has 2 saturated heterocycles. The number of hydrogen-bond acceptors (Lipinski definition) is 3. The minimum atomic E-state index is 0.220. The first-order chi connectivity index (χ1) is 9.13. The van der Waals surface area contributed by atoms with Crippen molar-refractivity contribution in [2.24, 2.45) is 5.92 Å². The monoisotopic (exact) mass is 259 g/mol. The van der Waals surface area contributed by atoms with Crippen molar-refractivity contribution in [1.82, 2.24) is 5.32 Å². The molecule has 2 fully saturated rings. The second kappa shape index (κ2) is 4.76. The third-order valence-corrected chi connectivity index (χ3v) is 4.44. The van der Waals surface area contributed by atoms with E-state index in [1.807, 2.05) is 13.0 Å². The van der Waals surface area contributed by atoms with Gasteiger partial charge in [-0.2, -0.15) is 0 Å². The van der Waals surface area contributed by atoms with Gasteiger partial charge in [-0.1, -0.05) is 0 Å². The van der Waals surface area contributed by atoms with E-state index >= 15 is 0 Å². The maximum absolute atomic E-state index is 11.4. The van der Waals surface area contributed by atoms with Gasteiger partial charge >= 0.3 is 0 Å². The van der Waals surface area contributed by atoms with Gasteiger partial charge in [0.15, 0.2) is 0 Å². The highest BCUT2D eigenvalue weighted by Gasteiger charge is 2.33. The van der Waals surface area contributed by atoms with Gasteiger partial charge in [0.25, 0.3) is 0 Å². The number of rotatable bonds is 1. The van der Waals surface area contributed by atoms with Crippen LogP contribution in [-0.2, 0) is 4.79 Å². The molecule has 0 radical (unpaired) electrons. The maximum atomic E-state index is 11.4. The summed E-state index contributed by atoms with van der Waals surface area (Å²) in [5, 5.41) is 3.13. The number of amides is 1. The third kappa shape index (κ3) is 2.39. The van der Waals surface area contributed by atoms with Crippen LogP contribution in [0.2, 0.25) is 0 Å². The van der Waals surface area contributed by atoms with E-state index in [9.17, 15) is 4.79 Å². The van der Waals surface area contributed by atoms with E-state index in [-0.39, 0.29) is 5.91 Å². The fourth-order valence-electron chi connectivity index (χ4n) is 3.20. The van der Waals surface area contributed by atoms with Crippen molar-refractivity contribution < 1.29 is 4.79 Å². The van der Waals surface area contributed by atoms with Crippen LogP contribution < -0.4 is 16.0 Å². The molecule has 1 aromatic carbocycles. The van der Waals surface area contributed by atoms with E-state index in [0.717, 1.165) is 37.2 Å². The molecular formula is C15H21N3O. The Morgan fingerprint density at radius 3 is 3.00 bits per heavy atom. The highest BCUT2D eigenvalue weighted by molar-refractivity contribution is 5.77. The summed E-state index contributed by atoms with van der Waals surface area (Å²) in [7, 11) is 0. The number of nitrogen functional groups attached to an aromatic ring is 1. The second-order valence-corrected chi connectivity index (χ2v) is 5.75. The number of benzene rings is 1. The number of nitrogens with two attached hydrogens (primary N) is 1. The molecule has 0 bridgehead atoms. The Hall–Kier alpha value is -1.71. The lowest BCUT2D eigenvalue weighted by Gasteiger charge is -2.42. The minimum Gasteiger partial charge on any atom is -0.399 e. The van der Waals surface area contributed by atoms with E-state index in [4.69, 9.17) is 5.73 Å². The molecule has 3 rings (SSSR count). The highest BCUT2D eigenvalue weighted by Crippen LogP contribution is 2.29. The van der Waals surface area contributed by atoms with Crippen molar-refractivity contribution in [3.8, 4) is 0 Å². The van der Waals surface area contributed by atoms with E-state index in [1.54, 1.807) is 0 Å². The number of piperidine rings is 2. The molecule has 0 aromatic heterocycles. The van der Waals surface area contributed by atoms with E-state index in [2.05, 4.69) is 22.3 Å². The predicted molar refractivity (Wildman–Crippen MR) is 77.1 cm³/mol. The third-order valence-electron chi connectivity index (χ3n) is 4.44. The molecule has 19 heavy (non-hydrogen) atoms. The topological polar surface area (TPSA) is 58.4 Å². The van der Waals surface area contributed by atoms with E-state index < -0.39 is 0 Å². The number of anilines is 2. The van der Waals surface area contributed by atoms with Crippen molar-refractivity contribution in [3.05, 3.63) is 23.8 Å². The SMILES string of the molecule is Cc1cc(N2CCC3NC(=O)CCC3C2)ccc1N. The number of carbonyl (C=O) groups is 1. The zero-order valence-electron chi connectivity index (χ0n) is 11.4. The summed E-state index contributed by atoms with van der Waals surface area (Å²) in [6, 6.07) is 6.63. The maximum Gasteiger partial charge on any atom is 0.220 e. The van der Waals surface area contributed by atoms with Gasteiger partial charge in [-0.05, 0) is 49.4 Å². The molecule has 2 unspecified atom stereocenters. The van der Waals surface area contributed by atoms with Crippen molar-refractivity contribution in [2.45, 2.75) is 32.2 Å². The number of nitrogens with zero attached hydrogens (tertiary/aromatic N) is 1. The Bertz CT molecular complexity index is 500. The van der Waals surface area contributed by atoms with Gasteiger partial charge in [0, 0.05) is 36.9 Å². The molecule has 0 spiro atoms. The first kappa shape index (κ1) is 12.3. The average molecular weight is 259 g/mol. The zero-order valence-corrected chi connectivity index (χ0v) is 11.4. The highest BCUT2D eigenvalue weighted by atomic mass is 16.1. The van der Waals surface area contributed by atoms with E-state index in [1.165, 1.54) is 5.69 Å². The zero-order chi connectivity index (χ0) is 13.4. The molecule has 102 valence electrons. The van der Waals surface area contributed by atoms with Crippen molar-refractivity contribution in [3.63, 3.8) is 0 Å². The number of carbonyl (C=O) groups excluding carboxylic acids is 1. The summed E-state index contributed by atoms with van der Waals surface area (Å²) in [6.45, 7) is 4.09. The van der Waals surface area contributed by atoms with Gasteiger partial charge in [0.05, 0.1) is 0 Å². The Kier molecular flexibility index (Phi) is 3.09. The number of aryl methyl sites for hydroxylation is 1. The molecule has 2 heterocycles. The summed E-state index contributed by atoms with van der Waals surface area (Å²) in [4.78, 5) is 13.8. The lowest BCUT2D eigenvalue weighted by atomic mass is 9.85. The van der Waals surface area contributed by atoms with Gasteiger partial charge in [-0.3, -0.25) is 4.79 Å². The summed E-state index contributed by atoms with van der Waals surface area (Å²) in [6.07, 6.45) is 2.73. The fraction of sp³-hybridized carbons (Fsp3) is 0.533. The van der Waals surface area contributed by atoms with Gasteiger partial charge in [0.2, 0.25) is 5.91 Å². The van der Waals surface area contributed by atoms with Crippen LogP contribution in [0.4, 0.5) is 11.4 Å². The number of nitrogens with one attached hydrogen (secondary N) is 1. The first-order valence-electron chi connectivity index (χ1n) is 7.04. The number of hydrogen-bond donors (Lipinski definition) is 2. The molecule has 0 saturated carbocycles. The van der Waals surface area contributed by atoms with Crippen LogP contribution in [0, 0.1) is 12.8 Å². The molecule has 2 aliphatic heterocycles. The van der Waals surface area contributed by atoms with Crippen LogP contribution in [0.1, 0.15) is 24.8 Å². The van der Waals surface area contributed by atoms with Crippen LogP contribution in [0.15, 0.2) is 18.2 Å². The summed E-state index contributed by atoms with van der Waals surface area (Å²) in [5.41, 5.74) is 9.11. The molecular weight excluding hydrogens is 238 g/mol. The lowest BCUT2D eigenvalue weighted by Crippen LogP contribution is -2.54. The van der Waals surface area contributed by atoms with Crippen LogP contribution in [0.5, 0.6) is 0 Å². The van der Waals surface area contributed by atoms with Gasteiger partial charge in [-0.25, -0.2) is 0 Å². The summed E-state index contributed by atoms with van der Waals surface area (Å²) < 4.78 is 0. The van der Waals surface area contributed by atoms with Crippen LogP contribution >= 0.6 is 0 Å². The van der Waals surface area contributed by atoms with Gasteiger partial charge in [-0.15, -0.1) is 0 Å². The largest absolute Gasteiger partial charge is 0.399 e. The van der Waals surface area contributed by atoms with Crippen molar-refractivity contribution in [2.75, 3.05) is 23.7 Å². The molecule has 1 aromatic rings. The van der Waals surface area contributed by atoms with Crippen LogP contribution in [0.3, 0.4) is 0 Å². The second-order valence-electron chi connectivity index (χ2n) is 5.75. The fourth-order valence-corrected chi connectivity index (χ4v) is 3.20. The molecule has 0 aliphatic carbocycles. The first-order valence-corrected chi connectivity index (χ1v) is 7.04. The smallest absolute Gasteiger partial charge is 0.220 e. The quantitative estimate of drug-likeness (QED) is 0.754. The lowest BCUT2D eigenvalue weighted by molar-refractivity contribution is -0.124. The minimum absolute atomic E-state index is 0.220.